The Morgan fingerprint density at radius 2 is 2.44 bits per heavy atom. The second kappa shape index (κ2) is 3.18. The number of rotatable bonds is 1. The van der Waals surface area contributed by atoms with Crippen molar-refractivity contribution in [3.05, 3.63) is 26.9 Å². The average molecular weight is 203 g/mol. The van der Waals surface area contributed by atoms with E-state index in [0.717, 1.165) is 0 Å². The van der Waals surface area contributed by atoms with Gasteiger partial charge in [-0.2, -0.15) is 0 Å². The second-order valence-corrected chi connectivity index (χ2v) is 3.43. The SMILES string of the molecule is C/C=C/c1sccc1Br. The molecule has 48 valence electrons. The van der Waals surface area contributed by atoms with Crippen LogP contribution in [-0.4, -0.2) is 0 Å². The van der Waals surface area contributed by atoms with Crippen LogP contribution >= 0.6 is 27.3 Å². The fraction of sp³-hybridized carbons (Fsp3) is 0.143. The monoisotopic (exact) mass is 202 g/mol. The Morgan fingerprint density at radius 3 is 2.89 bits per heavy atom. The van der Waals surface area contributed by atoms with Crippen LogP contribution in [0.3, 0.4) is 0 Å². The molecule has 0 spiro atoms. The average Bonchev–Trinajstić information content (AvgIpc) is 2.18. The van der Waals surface area contributed by atoms with Crippen LogP contribution in [0.25, 0.3) is 6.08 Å². The molecule has 0 amide bonds. The molecule has 1 aromatic rings. The molecule has 1 aromatic heterocycles. The number of hydrogen-bond donors (Lipinski definition) is 0. The third kappa shape index (κ3) is 1.66. The van der Waals surface area contributed by atoms with E-state index in [4.69, 9.17) is 0 Å². The lowest BCUT2D eigenvalue weighted by molar-refractivity contribution is 1.76. The minimum absolute atomic E-state index is 1.19. The number of halogens is 1. The maximum absolute atomic E-state index is 3.43. The molecule has 1 rings (SSSR count). The summed E-state index contributed by atoms with van der Waals surface area (Å²) in [5.41, 5.74) is 0. The lowest BCUT2D eigenvalue weighted by Crippen LogP contribution is -1.57. The van der Waals surface area contributed by atoms with Gasteiger partial charge in [-0.1, -0.05) is 6.08 Å². The first-order chi connectivity index (χ1) is 4.34. The van der Waals surface area contributed by atoms with Gasteiger partial charge in [0.15, 0.2) is 0 Å². The van der Waals surface area contributed by atoms with E-state index in [1.165, 1.54) is 9.35 Å². The first-order valence-electron chi connectivity index (χ1n) is 2.70. The maximum atomic E-state index is 3.43. The van der Waals surface area contributed by atoms with Crippen molar-refractivity contribution < 1.29 is 0 Å². The molecule has 0 fully saturated rings. The Bertz CT molecular complexity index is 212. The van der Waals surface area contributed by atoms with Crippen LogP contribution in [0, 0.1) is 0 Å². The predicted molar refractivity (Wildman–Crippen MR) is 46.7 cm³/mol. The molecular weight excluding hydrogens is 196 g/mol. The second-order valence-electron chi connectivity index (χ2n) is 1.63. The van der Waals surface area contributed by atoms with E-state index in [-0.39, 0.29) is 0 Å². The van der Waals surface area contributed by atoms with Gasteiger partial charge in [0.1, 0.15) is 0 Å². The maximum Gasteiger partial charge on any atom is 0.0409 e. The fourth-order valence-corrected chi connectivity index (χ4v) is 2.04. The summed E-state index contributed by atoms with van der Waals surface area (Å²) in [6, 6.07) is 2.06. The van der Waals surface area contributed by atoms with Gasteiger partial charge in [0, 0.05) is 9.35 Å². The highest BCUT2D eigenvalue weighted by Gasteiger charge is 1.93. The summed E-state index contributed by atoms with van der Waals surface area (Å²) in [6.45, 7) is 2.02. The molecule has 0 bridgehead atoms. The lowest BCUT2D eigenvalue weighted by atomic mass is 10.4. The highest BCUT2D eigenvalue weighted by Crippen LogP contribution is 2.23. The molecule has 1 heterocycles. The Morgan fingerprint density at radius 1 is 1.67 bits per heavy atom. The topological polar surface area (TPSA) is 0 Å². The molecule has 0 N–H and O–H groups in total. The third-order valence-corrected chi connectivity index (χ3v) is 2.80. The van der Waals surface area contributed by atoms with E-state index in [1.807, 2.05) is 13.0 Å². The Hall–Kier alpha value is -0.0800. The summed E-state index contributed by atoms with van der Waals surface area (Å²) < 4.78 is 1.19. The van der Waals surface area contributed by atoms with Crippen molar-refractivity contribution >= 4 is 33.3 Å². The third-order valence-electron chi connectivity index (χ3n) is 0.963. The Kier molecular flexibility index (Phi) is 2.49. The first-order valence-corrected chi connectivity index (χ1v) is 4.37. The van der Waals surface area contributed by atoms with Crippen molar-refractivity contribution in [2.75, 3.05) is 0 Å². The molecule has 0 saturated heterocycles. The fourth-order valence-electron chi connectivity index (χ4n) is 0.576. The van der Waals surface area contributed by atoms with Crippen molar-refractivity contribution in [2.45, 2.75) is 6.92 Å². The van der Waals surface area contributed by atoms with Crippen LogP contribution in [0.5, 0.6) is 0 Å². The van der Waals surface area contributed by atoms with Gasteiger partial charge in [0.05, 0.1) is 0 Å². The summed E-state index contributed by atoms with van der Waals surface area (Å²) in [4.78, 5) is 1.29. The van der Waals surface area contributed by atoms with Crippen LogP contribution in [0.1, 0.15) is 11.8 Å². The summed E-state index contributed by atoms with van der Waals surface area (Å²) in [6.07, 6.45) is 4.13. The zero-order valence-electron chi connectivity index (χ0n) is 5.10. The number of hydrogen-bond acceptors (Lipinski definition) is 1. The van der Waals surface area contributed by atoms with Crippen molar-refractivity contribution in [1.29, 1.82) is 0 Å². The number of thiophene rings is 1. The highest BCUT2D eigenvalue weighted by molar-refractivity contribution is 9.10. The van der Waals surface area contributed by atoms with Crippen LogP contribution < -0.4 is 0 Å². The van der Waals surface area contributed by atoms with Crippen molar-refractivity contribution in [2.24, 2.45) is 0 Å². The van der Waals surface area contributed by atoms with E-state index in [1.54, 1.807) is 11.3 Å². The van der Waals surface area contributed by atoms with Crippen molar-refractivity contribution in [3.8, 4) is 0 Å². The first kappa shape index (κ1) is 7.03. The van der Waals surface area contributed by atoms with Crippen molar-refractivity contribution in [1.82, 2.24) is 0 Å². The van der Waals surface area contributed by atoms with Gasteiger partial charge in [-0.05, 0) is 40.4 Å². The Balaban J connectivity index is 2.94. The van der Waals surface area contributed by atoms with Gasteiger partial charge >= 0.3 is 0 Å². The summed E-state index contributed by atoms with van der Waals surface area (Å²) in [5.74, 6) is 0. The van der Waals surface area contributed by atoms with Gasteiger partial charge in [0.2, 0.25) is 0 Å². The van der Waals surface area contributed by atoms with Crippen LogP contribution in [-0.2, 0) is 0 Å². The van der Waals surface area contributed by atoms with E-state index in [0.29, 0.717) is 0 Å². The van der Waals surface area contributed by atoms with Gasteiger partial charge in [-0.25, -0.2) is 0 Å². The summed E-state index contributed by atoms with van der Waals surface area (Å²) in [7, 11) is 0. The molecule has 0 aromatic carbocycles. The van der Waals surface area contributed by atoms with Crippen molar-refractivity contribution in [3.63, 3.8) is 0 Å². The Labute approximate surface area is 67.3 Å². The van der Waals surface area contributed by atoms with Gasteiger partial charge < -0.3 is 0 Å². The van der Waals surface area contributed by atoms with E-state index in [2.05, 4.69) is 33.5 Å². The number of allylic oxidation sites excluding steroid dienone is 1. The quantitative estimate of drug-likeness (QED) is 0.654. The molecule has 2 heteroatoms. The minimum atomic E-state index is 1.19. The molecule has 0 nitrogen and oxygen atoms in total. The molecule has 0 aliphatic heterocycles. The van der Waals surface area contributed by atoms with Gasteiger partial charge in [0.25, 0.3) is 0 Å². The molecule has 0 aliphatic carbocycles. The van der Waals surface area contributed by atoms with E-state index in [9.17, 15) is 0 Å². The van der Waals surface area contributed by atoms with Crippen LogP contribution in [0.15, 0.2) is 22.0 Å². The van der Waals surface area contributed by atoms with E-state index < -0.39 is 0 Å². The summed E-state index contributed by atoms with van der Waals surface area (Å²) >= 11 is 5.17. The molecule has 0 unspecified atom stereocenters. The highest BCUT2D eigenvalue weighted by atomic mass is 79.9. The molecule has 0 atom stereocenters. The smallest absolute Gasteiger partial charge is 0.0409 e. The minimum Gasteiger partial charge on any atom is -0.143 e. The molecular formula is C7H7BrS. The normalized spacial score (nSPS) is 10.9. The van der Waals surface area contributed by atoms with Crippen LogP contribution in [0.4, 0.5) is 0 Å². The molecule has 0 saturated carbocycles. The van der Waals surface area contributed by atoms with Gasteiger partial charge in [-0.3, -0.25) is 0 Å². The summed E-state index contributed by atoms with van der Waals surface area (Å²) in [5, 5.41) is 2.07. The standard InChI is InChI=1S/C7H7BrS/c1-2-3-7-6(8)4-5-9-7/h2-5H,1H3/b3-2+. The molecule has 0 radical (unpaired) electrons. The zero-order chi connectivity index (χ0) is 6.69. The molecule has 9 heavy (non-hydrogen) atoms. The van der Waals surface area contributed by atoms with Gasteiger partial charge in [-0.15, -0.1) is 11.3 Å². The lowest BCUT2D eigenvalue weighted by Gasteiger charge is -1.82. The largest absolute Gasteiger partial charge is 0.143 e. The van der Waals surface area contributed by atoms with E-state index >= 15 is 0 Å². The van der Waals surface area contributed by atoms with Crippen LogP contribution in [0.2, 0.25) is 0 Å². The zero-order valence-corrected chi connectivity index (χ0v) is 7.50. The predicted octanol–water partition coefficient (Wildman–Crippen LogP) is 3.54. The molecule has 0 aliphatic rings.